The summed E-state index contributed by atoms with van der Waals surface area (Å²) in [5.41, 5.74) is 1.26. The summed E-state index contributed by atoms with van der Waals surface area (Å²) in [5, 5.41) is 7.37. The van der Waals surface area contributed by atoms with Gasteiger partial charge in [0.1, 0.15) is 5.82 Å². The Morgan fingerprint density at radius 1 is 1.38 bits per heavy atom. The van der Waals surface area contributed by atoms with E-state index in [0.29, 0.717) is 27.7 Å². The van der Waals surface area contributed by atoms with Gasteiger partial charge < -0.3 is 5.32 Å². The molecule has 1 amide bonds. The number of halogens is 2. The lowest BCUT2D eigenvalue weighted by molar-refractivity contribution is -0.113. The lowest BCUT2D eigenvalue weighted by atomic mass is 10.0. The summed E-state index contributed by atoms with van der Waals surface area (Å²) in [4.78, 5) is 24.3. The number of carbonyl (C=O) groups is 2. The maximum absolute atomic E-state index is 12.7. The van der Waals surface area contributed by atoms with Gasteiger partial charge in [-0.3, -0.25) is 14.3 Å². The van der Waals surface area contributed by atoms with Crippen LogP contribution in [0.1, 0.15) is 21.6 Å². The SMILES string of the molecule is Cc1nn(C)c(NC(=O)CBr)c1C(=O)c1ccccc1Cl. The average Bonchev–Trinajstić information content (AvgIpc) is 2.73. The van der Waals surface area contributed by atoms with Crippen molar-refractivity contribution in [3.63, 3.8) is 0 Å². The van der Waals surface area contributed by atoms with E-state index in [1.54, 1.807) is 38.2 Å². The first kappa shape index (κ1) is 15.7. The van der Waals surface area contributed by atoms with Gasteiger partial charge in [0.25, 0.3) is 0 Å². The molecule has 2 aromatic rings. The fraction of sp³-hybridized carbons (Fsp3) is 0.214. The Balaban J connectivity index is 2.51. The van der Waals surface area contributed by atoms with Crippen LogP contribution in [0.15, 0.2) is 24.3 Å². The summed E-state index contributed by atoms with van der Waals surface area (Å²) < 4.78 is 1.47. The molecule has 2 rings (SSSR count). The molecule has 21 heavy (non-hydrogen) atoms. The van der Waals surface area contributed by atoms with E-state index >= 15 is 0 Å². The molecular weight excluding hydrogens is 358 g/mol. The molecule has 1 heterocycles. The van der Waals surface area contributed by atoms with Crippen molar-refractivity contribution in [3.8, 4) is 0 Å². The van der Waals surface area contributed by atoms with Gasteiger partial charge in [0.05, 0.1) is 21.6 Å². The van der Waals surface area contributed by atoms with Crippen molar-refractivity contribution in [2.45, 2.75) is 6.92 Å². The summed E-state index contributed by atoms with van der Waals surface area (Å²) in [6.45, 7) is 1.72. The number of ketones is 1. The van der Waals surface area contributed by atoms with Crippen molar-refractivity contribution in [1.29, 1.82) is 0 Å². The molecule has 0 aliphatic carbocycles. The molecule has 110 valence electrons. The summed E-state index contributed by atoms with van der Waals surface area (Å²) in [6.07, 6.45) is 0. The number of aryl methyl sites for hydroxylation is 2. The molecule has 0 aliphatic heterocycles. The lowest BCUT2D eigenvalue weighted by Crippen LogP contribution is -2.17. The van der Waals surface area contributed by atoms with Gasteiger partial charge in [-0.05, 0) is 19.1 Å². The molecule has 0 fully saturated rings. The highest BCUT2D eigenvalue weighted by atomic mass is 79.9. The third-order valence-electron chi connectivity index (χ3n) is 2.95. The molecule has 1 aromatic heterocycles. The Hall–Kier alpha value is -1.66. The van der Waals surface area contributed by atoms with E-state index in [1.807, 2.05) is 0 Å². The number of alkyl halides is 1. The Kier molecular flexibility index (Phi) is 4.80. The lowest BCUT2D eigenvalue weighted by Gasteiger charge is -2.08. The number of hydrogen-bond donors (Lipinski definition) is 1. The first-order valence-electron chi connectivity index (χ1n) is 6.14. The van der Waals surface area contributed by atoms with Gasteiger partial charge in [-0.25, -0.2) is 0 Å². The number of rotatable bonds is 4. The van der Waals surface area contributed by atoms with E-state index in [1.165, 1.54) is 4.68 Å². The minimum Gasteiger partial charge on any atom is -0.310 e. The number of amides is 1. The Morgan fingerprint density at radius 2 is 2.05 bits per heavy atom. The third kappa shape index (κ3) is 3.16. The zero-order valence-corrected chi connectivity index (χ0v) is 13.8. The van der Waals surface area contributed by atoms with Gasteiger partial charge in [-0.1, -0.05) is 39.7 Å². The molecule has 0 unspecified atom stereocenters. The fourth-order valence-corrected chi connectivity index (χ4v) is 2.38. The average molecular weight is 371 g/mol. The van der Waals surface area contributed by atoms with Gasteiger partial charge in [0.15, 0.2) is 5.78 Å². The van der Waals surface area contributed by atoms with Crippen molar-refractivity contribution in [2.24, 2.45) is 7.05 Å². The molecule has 0 saturated heterocycles. The van der Waals surface area contributed by atoms with Crippen LogP contribution in [0.5, 0.6) is 0 Å². The first-order valence-corrected chi connectivity index (χ1v) is 7.64. The standard InChI is InChI=1S/C14H13BrClN3O2/c1-8-12(13(21)9-5-3-4-6-10(9)16)14(19(2)18-8)17-11(20)7-15/h3-6H,7H2,1-2H3,(H,17,20). The highest BCUT2D eigenvalue weighted by Crippen LogP contribution is 2.26. The second kappa shape index (κ2) is 6.41. The quantitative estimate of drug-likeness (QED) is 0.665. The normalized spacial score (nSPS) is 10.5. The largest absolute Gasteiger partial charge is 0.310 e. The van der Waals surface area contributed by atoms with Gasteiger partial charge in [-0.2, -0.15) is 5.10 Å². The van der Waals surface area contributed by atoms with Crippen molar-refractivity contribution in [2.75, 3.05) is 10.6 Å². The molecule has 5 nitrogen and oxygen atoms in total. The molecule has 1 N–H and O–H groups in total. The maximum Gasteiger partial charge on any atom is 0.236 e. The van der Waals surface area contributed by atoms with Gasteiger partial charge in [0, 0.05) is 12.6 Å². The Bertz CT molecular complexity index is 712. The number of anilines is 1. The zero-order valence-electron chi connectivity index (χ0n) is 11.5. The minimum atomic E-state index is -0.268. The highest BCUT2D eigenvalue weighted by Gasteiger charge is 2.24. The van der Waals surface area contributed by atoms with Crippen LogP contribution in [0, 0.1) is 6.92 Å². The smallest absolute Gasteiger partial charge is 0.236 e. The van der Waals surface area contributed by atoms with E-state index in [4.69, 9.17) is 11.6 Å². The summed E-state index contributed by atoms with van der Waals surface area (Å²) in [5.74, 6) is -0.163. The monoisotopic (exact) mass is 369 g/mol. The Morgan fingerprint density at radius 3 is 2.67 bits per heavy atom. The molecule has 1 aromatic carbocycles. The second-order valence-corrected chi connectivity index (χ2v) is 5.39. The molecule has 7 heteroatoms. The first-order chi connectivity index (χ1) is 9.95. The summed E-state index contributed by atoms with van der Waals surface area (Å²) in [6, 6.07) is 6.79. The minimum absolute atomic E-state index is 0.136. The van der Waals surface area contributed by atoms with Crippen LogP contribution >= 0.6 is 27.5 Å². The number of aromatic nitrogens is 2. The molecule has 0 aliphatic rings. The maximum atomic E-state index is 12.7. The number of nitrogens with zero attached hydrogens (tertiary/aromatic N) is 2. The predicted octanol–water partition coefficient (Wildman–Crippen LogP) is 2.95. The third-order valence-corrected chi connectivity index (χ3v) is 3.79. The van der Waals surface area contributed by atoms with Crippen molar-refractivity contribution in [1.82, 2.24) is 9.78 Å². The summed E-state index contributed by atoms with van der Waals surface area (Å²) >= 11 is 9.14. The van der Waals surface area contributed by atoms with Crippen molar-refractivity contribution >= 4 is 45.0 Å². The van der Waals surface area contributed by atoms with Crippen LogP contribution in [-0.4, -0.2) is 26.8 Å². The molecule has 0 atom stereocenters. The predicted molar refractivity (Wildman–Crippen MR) is 85.3 cm³/mol. The van der Waals surface area contributed by atoms with E-state index in [9.17, 15) is 9.59 Å². The van der Waals surface area contributed by atoms with Crippen LogP contribution < -0.4 is 5.32 Å². The molecule has 0 saturated carbocycles. The second-order valence-electron chi connectivity index (χ2n) is 4.42. The number of carbonyl (C=O) groups excluding carboxylic acids is 2. The van der Waals surface area contributed by atoms with E-state index < -0.39 is 0 Å². The number of nitrogens with one attached hydrogen (secondary N) is 1. The van der Waals surface area contributed by atoms with Crippen LogP contribution in [0.2, 0.25) is 5.02 Å². The number of hydrogen-bond acceptors (Lipinski definition) is 3. The highest BCUT2D eigenvalue weighted by molar-refractivity contribution is 9.09. The molecular formula is C14H13BrClN3O2. The Labute approximate surface area is 135 Å². The zero-order chi connectivity index (χ0) is 15.6. The molecule has 0 bridgehead atoms. The van der Waals surface area contributed by atoms with Crippen LogP contribution in [0.4, 0.5) is 5.82 Å². The number of benzene rings is 1. The van der Waals surface area contributed by atoms with E-state index in [0.717, 1.165) is 0 Å². The fourth-order valence-electron chi connectivity index (χ4n) is 2.02. The van der Waals surface area contributed by atoms with Crippen molar-refractivity contribution < 1.29 is 9.59 Å². The van der Waals surface area contributed by atoms with E-state index in [-0.39, 0.29) is 17.0 Å². The van der Waals surface area contributed by atoms with Gasteiger partial charge in [0.2, 0.25) is 5.91 Å². The molecule has 0 radical (unpaired) electrons. The molecule has 0 spiro atoms. The van der Waals surface area contributed by atoms with Crippen LogP contribution in [0.3, 0.4) is 0 Å². The summed E-state index contributed by atoms with van der Waals surface area (Å²) in [7, 11) is 1.67. The topological polar surface area (TPSA) is 64.0 Å². The van der Waals surface area contributed by atoms with Crippen molar-refractivity contribution in [3.05, 3.63) is 46.1 Å². The van der Waals surface area contributed by atoms with Crippen LogP contribution in [-0.2, 0) is 11.8 Å². The van der Waals surface area contributed by atoms with E-state index in [2.05, 4.69) is 26.3 Å². The van der Waals surface area contributed by atoms with Gasteiger partial charge >= 0.3 is 0 Å². The van der Waals surface area contributed by atoms with Gasteiger partial charge in [-0.15, -0.1) is 0 Å². The van der Waals surface area contributed by atoms with Crippen LogP contribution in [0.25, 0.3) is 0 Å².